The molecule has 1 heterocycles. The lowest BCUT2D eigenvalue weighted by atomic mass is 10.1. The number of nitrogens with zero attached hydrogens (tertiary/aromatic N) is 2. The summed E-state index contributed by atoms with van der Waals surface area (Å²) in [5.41, 5.74) is 1.52. The number of carbonyl (C=O) groups excluding carboxylic acids is 3. The Balaban J connectivity index is 1.68. The molecule has 156 valence electrons. The van der Waals surface area contributed by atoms with Gasteiger partial charge in [-0.05, 0) is 54.1 Å². The van der Waals surface area contributed by atoms with Crippen molar-refractivity contribution in [1.29, 1.82) is 0 Å². The first-order valence-electron chi connectivity index (χ1n) is 9.67. The van der Waals surface area contributed by atoms with Crippen LogP contribution in [-0.4, -0.2) is 28.7 Å². The largest absolute Gasteiger partial charge is 0.322 e. The van der Waals surface area contributed by atoms with Crippen LogP contribution in [0.4, 0.5) is 10.1 Å². The summed E-state index contributed by atoms with van der Waals surface area (Å²) in [7, 11) is 0. The fraction of sp³-hybridized carbons (Fsp3) is 0.125. The van der Waals surface area contributed by atoms with Crippen LogP contribution in [0.25, 0.3) is 0 Å². The highest BCUT2D eigenvalue weighted by molar-refractivity contribution is 9.10. The van der Waals surface area contributed by atoms with Gasteiger partial charge >= 0.3 is 0 Å². The Bertz CT molecular complexity index is 1120. The summed E-state index contributed by atoms with van der Waals surface area (Å²) < 4.78 is 14.2. The Hall–Kier alpha value is -3.32. The predicted molar refractivity (Wildman–Crippen MR) is 118 cm³/mol. The van der Waals surface area contributed by atoms with Crippen LogP contribution in [0.5, 0.6) is 0 Å². The van der Waals surface area contributed by atoms with Gasteiger partial charge in [-0.3, -0.25) is 14.4 Å². The van der Waals surface area contributed by atoms with E-state index in [0.717, 1.165) is 14.9 Å². The van der Waals surface area contributed by atoms with Crippen molar-refractivity contribution in [2.24, 2.45) is 0 Å². The van der Waals surface area contributed by atoms with Crippen LogP contribution in [0.3, 0.4) is 0 Å². The first kappa shape index (κ1) is 20.9. The van der Waals surface area contributed by atoms with Crippen LogP contribution in [0, 0.1) is 5.82 Å². The molecule has 1 saturated heterocycles. The van der Waals surface area contributed by atoms with Gasteiger partial charge in [-0.15, -0.1) is 0 Å². The molecule has 0 aromatic heterocycles. The smallest absolute Gasteiger partial charge is 0.257 e. The van der Waals surface area contributed by atoms with E-state index in [0.29, 0.717) is 5.69 Å². The number of halogens is 2. The zero-order valence-corrected chi connectivity index (χ0v) is 18.0. The van der Waals surface area contributed by atoms with Crippen molar-refractivity contribution in [3.05, 3.63) is 100 Å². The molecule has 3 amide bonds. The molecule has 4 rings (SSSR count). The molecule has 31 heavy (non-hydrogen) atoms. The molecule has 3 aromatic rings. The minimum absolute atomic E-state index is 0.116. The Labute approximate surface area is 187 Å². The summed E-state index contributed by atoms with van der Waals surface area (Å²) in [4.78, 5) is 41.8. The molecule has 0 radical (unpaired) electrons. The average Bonchev–Trinajstić information content (AvgIpc) is 3.07. The van der Waals surface area contributed by atoms with E-state index in [4.69, 9.17) is 0 Å². The van der Waals surface area contributed by atoms with E-state index in [1.807, 2.05) is 30.3 Å². The third-order valence-corrected chi connectivity index (χ3v) is 5.66. The zero-order chi connectivity index (χ0) is 22.0. The van der Waals surface area contributed by atoms with Crippen molar-refractivity contribution in [3.8, 4) is 0 Å². The Morgan fingerprint density at radius 3 is 2.26 bits per heavy atom. The van der Waals surface area contributed by atoms with E-state index < -0.39 is 23.7 Å². The molecule has 0 spiro atoms. The first-order chi connectivity index (χ1) is 14.9. The summed E-state index contributed by atoms with van der Waals surface area (Å²) in [6.45, 7) is 0.148. The van der Waals surface area contributed by atoms with Gasteiger partial charge in [0.15, 0.2) is 0 Å². The maximum absolute atomic E-state index is 13.3. The van der Waals surface area contributed by atoms with Crippen LogP contribution < -0.4 is 4.90 Å². The van der Waals surface area contributed by atoms with Gasteiger partial charge in [0.1, 0.15) is 11.9 Å². The average molecular weight is 481 g/mol. The van der Waals surface area contributed by atoms with Gasteiger partial charge in [0, 0.05) is 16.6 Å². The monoisotopic (exact) mass is 480 g/mol. The number of anilines is 1. The van der Waals surface area contributed by atoms with E-state index in [2.05, 4.69) is 15.9 Å². The number of benzene rings is 3. The highest BCUT2D eigenvalue weighted by Crippen LogP contribution is 2.28. The Morgan fingerprint density at radius 2 is 1.61 bits per heavy atom. The maximum Gasteiger partial charge on any atom is 0.257 e. The molecule has 1 aliphatic rings. The van der Waals surface area contributed by atoms with Gasteiger partial charge in [0.25, 0.3) is 11.8 Å². The molecule has 0 bridgehead atoms. The van der Waals surface area contributed by atoms with Gasteiger partial charge in [-0.2, -0.15) is 0 Å². The van der Waals surface area contributed by atoms with Gasteiger partial charge in [0.2, 0.25) is 5.91 Å². The molecule has 7 heteroatoms. The van der Waals surface area contributed by atoms with Crippen LogP contribution in [0.15, 0.2) is 83.3 Å². The van der Waals surface area contributed by atoms with E-state index in [1.54, 1.807) is 24.3 Å². The van der Waals surface area contributed by atoms with Crippen LogP contribution in [0.1, 0.15) is 22.3 Å². The molecule has 5 nitrogen and oxygen atoms in total. The van der Waals surface area contributed by atoms with Crippen molar-refractivity contribution in [3.63, 3.8) is 0 Å². The normalized spacial score (nSPS) is 15.9. The number of imide groups is 1. The molecule has 1 aliphatic heterocycles. The summed E-state index contributed by atoms with van der Waals surface area (Å²) in [6.07, 6.45) is -0.116. The van der Waals surface area contributed by atoms with Gasteiger partial charge in [0.05, 0.1) is 12.1 Å². The fourth-order valence-corrected chi connectivity index (χ4v) is 3.85. The highest BCUT2D eigenvalue weighted by Gasteiger charge is 2.44. The van der Waals surface area contributed by atoms with E-state index >= 15 is 0 Å². The van der Waals surface area contributed by atoms with Gasteiger partial charge in [-0.1, -0.05) is 46.3 Å². The Kier molecular flexibility index (Phi) is 5.95. The summed E-state index contributed by atoms with van der Waals surface area (Å²) in [5.74, 6) is -1.73. The van der Waals surface area contributed by atoms with Gasteiger partial charge in [-0.25, -0.2) is 9.29 Å². The molecule has 1 unspecified atom stereocenters. The fourth-order valence-electron chi connectivity index (χ4n) is 3.58. The lowest BCUT2D eigenvalue weighted by Gasteiger charge is -2.28. The number of hydrogen-bond donors (Lipinski definition) is 0. The summed E-state index contributed by atoms with van der Waals surface area (Å²) in [6, 6.07) is 20.3. The van der Waals surface area contributed by atoms with E-state index in [1.165, 1.54) is 29.2 Å². The van der Waals surface area contributed by atoms with Crippen molar-refractivity contribution in [2.75, 3.05) is 4.90 Å². The third-order valence-electron chi connectivity index (χ3n) is 5.13. The second-order valence-electron chi connectivity index (χ2n) is 7.19. The minimum atomic E-state index is -0.950. The third kappa shape index (κ3) is 4.41. The molecule has 1 fully saturated rings. The highest BCUT2D eigenvalue weighted by atomic mass is 79.9. The zero-order valence-electron chi connectivity index (χ0n) is 16.4. The standard InChI is InChI=1S/C24H18BrFN2O3/c25-18-8-12-20(13-9-18)28-22(29)14-21(24(28)31)27(15-16-4-2-1-3-5-16)23(30)17-6-10-19(26)11-7-17/h1-13,21H,14-15H2. The van der Waals surface area contributed by atoms with E-state index in [9.17, 15) is 18.8 Å². The summed E-state index contributed by atoms with van der Waals surface area (Å²) >= 11 is 3.34. The molecular formula is C24H18BrFN2O3. The predicted octanol–water partition coefficient (Wildman–Crippen LogP) is 4.56. The van der Waals surface area contributed by atoms with Crippen molar-refractivity contribution in [2.45, 2.75) is 19.0 Å². The Morgan fingerprint density at radius 1 is 0.968 bits per heavy atom. The van der Waals surface area contributed by atoms with Crippen LogP contribution >= 0.6 is 15.9 Å². The number of amides is 3. The molecule has 0 aliphatic carbocycles. The SMILES string of the molecule is O=C1CC(N(Cc2ccccc2)C(=O)c2ccc(F)cc2)C(=O)N1c1ccc(Br)cc1. The minimum Gasteiger partial charge on any atom is -0.322 e. The maximum atomic E-state index is 13.3. The topological polar surface area (TPSA) is 57.7 Å². The van der Waals surface area contributed by atoms with E-state index in [-0.39, 0.29) is 24.4 Å². The molecule has 0 N–H and O–H groups in total. The quantitative estimate of drug-likeness (QED) is 0.502. The second kappa shape index (κ2) is 8.81. The van der Waals surface area contributed by atoms with Crippen LogP contribution in [-0.2, 0) is 16.1 Å². The number of carbonyl (C=O) groups is 3. The first-order valence-corrected chi connectivity index (χ1v) is 10.5. The van der Waals surface area contributed by atoms with Crippen molar-refractivity contribution < 1.29 is 18.8 Å². The van der Waals surface area contributed by atoms with Crippen LogP contribution in [0.2, 0.25) is 0 Å². The lowest BCUT2D eigenvalue weighted by molar-refractivity contribution is -0.122. The molecule has 0 saturated carbocycles. The van der Waals surface area contributed by atoms with Crippen molar-refractivity contribution in [1.82, 2.24) is 4.90 Å². The van der Waals surface area contributed by atoms with Crippen molar-refractivity contribution >= 4 is 39.3 Å². The molecular weight excluding hydrogens is 463 g/mol. The second-order valence-corrected chi connectivity index (χ2v) is 8.10. The lowest BCUT2D eigenvalue weighted by Crippen LogP contribution is -2.45. The molecule has 1 atom stereocenters. The summed E-state index contributed by atoms with van der Waals surface area (Å²) in [5, 5.41) is 0. The molecule has 3 aromatic carbocycles. The number of rotatable bonds is 5. The number of hydrogen-bond acceptors (Lipinski definition) is 3. The van der Waals surface area contributed by atoms with Gasteiger partial charge < -0.3 is 4.90 Å².